The van der Waals surface area contributed by atoms with Gasteiger partial charge in [-0.25, -0.2) is 4.79 Å². The van der Waals surface area contributed by atoms with E-state index in [0.717, 1.165) is 12.8 Å². The van der Waals surface area contributed by atoms with Crippen LogP contribution in [0.25, 0.3) is 5.69 Å². The third-order valence-corrected chi connectivity index (χ3v) is 3.09. The molecule has 98 valence electrons. The first kappa shape index (κ1) is 11.9. The lowest BCUT2D eigenvalue weighted by Crippen LogP contribution is -2.35. The van der Waals surface area contributed by atoms with Gasteiger partial charge in [-0.05, 0) is 25.0 Å². The Morgan fingerprint density at radius 1 is 1.26 bits per heavy atom. The van der Waals surface area contributed by atoms with Crippen molar-refractivity contribution in [3.63, 3.8) is 0 Å². The molecule has 19 heavy (non-hydrogen) atoms. The van der Waals surface area contributed by atoms with Crippen molar-refractivity contribution in [3.05, 3.63) is 56.9 Å². The molecule has 0 radical (unpaired) electrons. The number of H-pyrrole nitrogens is 1. The molecule has 0 aliphatic carbocycles. The zero-order chi connectivity index (χ0) is 13.2. The van der Waals surface area contributed by atoms with Gasteiger partial charge in [0.2, 0.25) is 0 Å². The van der Waals surface area contributed by atoms with E-state index in [4.69, 9.17) is 4.74 Å². The third-order valence-electron chi connectivity index (χ3n) is 3.09. The first-order valence-corrected chi connectivity index (χ1v) is 6.16. The standard InChI is InChI=1S/C13H13N3O3/c17-12-11(10-7-4-8-19-10)15-16(13(18)14-12)9-5-2-1-3-6-9/h1-3,5-6,10H,4,7-8H2,(H,14,17,18). The number of aromatic amines is 1. The van der Waals surface area contributed by atoms with Gasteiger partial charge in [0.1, 0.15) is 6.10 Å². The minimum atomic E-state index is -0.544. The van der Waals surface area contributed by atoms with E-state index in [1.807, 2.05) is 6.07 Å². The van der Waals surface area contributed by atoms with Crippen LogP contribution in [0.15, 0.2) is 39.9 Å². The minimum Gasteiger partial charge on any atom is -0.372 e. The van der Waals surface area contributed by atoms with E-state index < -0.39 is 11.2 Å². The van der Waals surface area contributed by atoms with Crippen molar-refractivity contribution in [2.24, 2.45) is 0 Å². The highest BCUT2D eigenvalue weighted by molar-refractivity contribution is 5.29. The van der Waals surface area contributed by atoms with Gasteiger partial charge in [-0.1, -0.05) is 18.2 Å². The molecule has 1 fully saturated rings. The van der Waals surface area contributed by atoms with Crippen LogP contribution >= 0.6 is 0 Å². The Balaban J connectivity index is 2.13. The summed E-state index contributed by atoms with van der Waals surface area (Å²) in [5.74, 6) is 0. The first-order valence-electron chi connectivity index (χ1n) is 6.16. The van der Waals surface area contributed by atoms with Crippen LogP contribution in [0, 0.1) is 0 Å². The number of rotatable bonds is 2. The summed E-state index contributed by atoms with van der Waals surface area (Å²) in [7, 11) is 0. The number of nitrogens with one attached hydrogen (secondary N) is 1. The largest absolute Gasteiger partial charge is 0.372 e. The van der Waals surface area contributed by atoms with E-state index in [2.05, 4.69) is 10.1 Å². The second-order valence-corrected chi connectivity index (χ2v) is 4.39. The SMILES string of the molecule is O=c1[nH]c(=O)n(-c2ccccc2)nc1C1CCCO1. The molecular formula is C13H13N3O3. The van der Waals surface area contributed by atoms with Crippen molar-refractivity contribution in [1.82, 2.24) is 14.8 Å². The van der Waals surface area contributed by atoms with Gasteiger partial charge in [0, 0.05) is 6.61 Å². The number of benzene rings is 1. The topological polar surface area (TPSA) is 77.0 Å². The molecule has 6 heteroatoms. The molecule has 1 aromatic carbocycles. The highest BCUT2D eigenvalue weighted by Gasteiger charge is 2.23. The van der Waals surface area contributed by atoms with Crippen LogP contribution in [0.2, 0.25) is 0 Å². The number of ether oxygens (including phenoxy) is 1. The zero-order valence-corrected chi connectivity index (χ0v) is 10.2. The van der Waals surface area contributed by atoms with E-state index in [0.29, 0.717) is 12.3 Å². The summed E-state index contributed by atoms with van der Waals surface area (Å²) in [6.45, 7) is 0.621. The monoisotopic (exact) mass is 259 g/mol. The molecule has 0 bridgehead atoms. The van der Waals surface area contributed by atoms with Gasteiger partial charge in [-0.3, -0.25) is 9.78 Å². The van der Waals surface area contributed by atoms with E-state index in [1.165, 1.54) is 4.68 Å². The molecule has 0 spiro atoms. The molecular weight excluding hydrogens is 246 g/mol. The Kier molecular flexibility index (Phi) is 3.00. The van der Waals surface area contributed by atoms with E-state index >= 15 is 0 Å². The quantitative estimate of drug-likeness (QED) is 0.864. The average molecular weight is 259 g/mol. The van der Waals surface area contributed by atoms with Gasteiger partial charge < -0.3 is 4.74 Å². The van der Waals surface area contributed by atoms with E-state index in [9.17, 15) is 9.59 Å². The van der Waals surface area contributed by atoms with Crippen LogP contribution < -0.4 is 11.2 Å². The molecule has 3 rings (SSSR count). The predicted molar refractivity (Wildman–Crippen MR) is 68.4 cm³/mol. The van der Waals surface area contributed by atoms with Gasteiger partial charge in [-0.2, -0.15) is 9.78 Å². The molecule has 1 atom stereocenters. The summed E-state index contributed by atoms with van der Waals surface area (Å²) in [5.41, 5.74) is -0.133. The Bertz CT molecular complexity index is 684. The second kappa shape index (κ2) is 4.81. The Morgan fingerprint density at radius 2 is 2.05 bits per heavy atom. The Labute approximate surface area is 108 Å². The molecule has 6 nitrogen and oxygen atoms in total. The van der Waals surface area contributed by atoms with Crippen molar-refractivity contribution < 1.29 is 4.74 Å². The molecule has 0 saturated carbocycles. The van der Waals surface area contributed by atoms with Gasteiger partial charge in [0.15, 0.2) is 5.69 Å². The number of para-hydroxylation sites is 1. The number of nitrogens with zero attached hydrogens (tertiary/aromatic N) is 2. The summed E-state index contributed by atoms with van der Waals surface area (Å²) in [5, 5.41) is 4.16. The summed E-state index contributed by atoms with van der Waals surface area (Å²) >= 11 is 0. The molecule has 2 heterocycles. The van der Waals surface area contributed by atoms with Crippen LogP contribution in [-0.4, -0.2) is 21.4 Å². The fourth-order valence-corrected chi connectivity index (χ4v) is 2.16. The second-order valence-electron chi connectivity index (χ2n) is 4.39. The van der Waals surface area contributed by atoms with Gasteiger partial charge in [0.05, 0.1) is 5.69 Å². The van der Waals surface area contributed by atoms with E-state index in [-0.39, 0.29) is 11.8 Å². The van der Waals surface area contributed by atoms with Crippen LogP contribution in [0.3, 0.4) is 0 Å². The molecule has 1 aliphatic rings. The maximum absolute atomic E-state index is 11.8. The fraction of sp³-hybridized carbons (Fsp3) is 0.308. The van der Waals surface area contributed by atoms with Crippen molar-refractivity contribution in [3.8, 4) is 5.69 Å². The van der Waals surface area contributed by atoms with Crippen molar-refractivity contribution in [1.29, 1.82) is 0 Å². The van der Waals surface area contributed by atoms with Crippen LogP contribution in [0.1, 0.15) is 24.6 Å². The molecule has 1 saturated heterocycles. The summed E-state index contributed by atoms with van der Waals surface area (Å²) in [6, 6.07) is 8.97. The molecule has 1 aliphatic heterocycles. The number of hydrogen-bond acceptors (Lipinski definition) is 4. The molecule has 2 aromatic rings. The average Bonchev–Trinajstić information content (AvgIpc) is 2.94. The number of hydrogen-bond donors (Lipinski definition) is 1. The maximum atomic E-state index is 11.8. The van der Waals surface area contributed by atoms with Gasteiger partial charge in [0.25, 0.3) is 5.56 Å². The highest BCUT2D eigenvalue weighted by Crippen LogP contribution is 2.24. The molecule has 1 aromatic heterocycles. The van der Waals surface area contributed by atoms with Crippen molar-refractivity contribution in [2.45, 2.75) is 18.9 Å². The normalized spacial score (nSPS) is 18.6. The predicted octanol–water partition coefficient (Wildman–Crippen LogP) is 0.772. The lowest BCUT2D eigenvalue weighted by atomic mass is 10.2. The third kappa shape index (κ3) is 2.22. The van der Waals surface area contributed by atoms with Crippen LogP contribution in [-0.2, 0) is 4.74 Å². The smallest absolute Gasteiger partial charge is 0.349 e. The van der Waals surface area contributed by atoms with Gasteiger partial charge in [-0.15, -0.1) is 0 Å². The van der Waals surface area contributed by atoms with Crippen LogP contribution in [0.4, 0.5) is 0 Å². The minimum absolute atomic E-state index is 0.265. The summed E-state index contributed by atoms with van der Waals surface area (Å²) in [4.78, 5) is 25.9. The first-order chi connectivity index (χ1) is 9.25. The highest BCUT2D eigenvalue weighted by atomic mass is 16.5. The molecule has 1 N–H and O–H groups in total. The number of aromatic nitrogens is 3. The maximum Gasteiger partial charge on any atom is 0.349 e. The van der Waals surface area contributed by atoms with Crippen molar-refractivity contribution >= 4 is 0 Å². The molecule has 1 unspecified atom stereocenters. The Morgan fingerprint density at radius 3 is 2.74 bits per heavy atom. The van der Waals surface area contributed by atoms with E-state index in [1.54, 1.807) is 24.3 Å². The van der Waals surface area contributed by atoms with Gasteiger partial charge >= 0.3 is 5.69 Å². The molecule has 0 amide bonds. The lowest BCUT2D eigenvalue weighted by Gasteiger charge is -2.10. The summed E-state index contributed by atoms with van der Waals surface area (Å²) < 4.78 is 6.65. The summed E-state index contributed by atoms with van der Waals surface area (Å²) in [6.07, 6.45) is 1.33. The van der Waals surface area contributed by atoms with Crippen LogP contribution in [0.5, 0.6) is 0 Å². The zero-order valence-electron chi connectivity index (χ0n) is 10.2. The Hall–Kier alpha value is -2.21. The van der Waals surface area contributed by atoms with Crippen molar-refractivity contribution in [2.75, 3.05) is 6.61 Å². The lowest BCUT2D eigenvalue weighted by molar-refractivity contribution is 0.106. The fourth-order valence-electron chi connectivity index (χ4n) is 2.16.